The number of nitrogens with zero attached hydrogens (tertiary/aromatic N) is 1. The van der Waals surface area contributed by atoms with Crippen molar-refractivity contribution in [1.82, 2.24) is 5.32 Å². The average molecular weight is 388 g/mol. The van der Waals surface area contributed by atoms with Crippen molar-refractivity contribution in [2.45, 2.75) is 16.6 Å². The van der Waals surface area contributed by atoms with Crippen molar-refractivity contribution in [3.8, 4) is 5.75 Å². The lowest BCUT2D eigenvalue weighted by molar-refractivity contribution is 0.203. The van der Waals surface area contributed by atoms with E-state index >= 15 is 0 Å². The van der Waals surface area contributed by atoms with Gasteiger partial charge in [0.25, 0.3) is 0 Å². The highest BCUT2D eigenvalue weighted by Gasteiger charge is 2.22. The third-order valence-corrected chi connectivity index (χ3v) is 5.86. The van der Waals surface area contributed by atoms with Gasteiger partial charge in [-0.1, -0.05) is 42.5 Å². The van der Waals surface area contributed by atoms with Crippen LogP contribution in [0.5, 0.6) is 5.75 Å². The average Bonchev–Trinajstić information content (AvgIpc) is 2.94. The number of thioether (sulfide) groups is 1. The van der Waals surface area contributed by atoms with Crippen molar-refractivity contribution in [1.29, 1.82) is 0 Å². The van der Waals surface area contributed by atoms with Gasteiger partial charge >= 0.3 is 6.09 Å². The molecule has 5 heteroatoms. The summed E-state index contributed by atoms with van der Waals surface area (Å²) < 4.78 is 5.18. The van der Waals surface area contributed by atoms with Gasteiger partial charge in [0.1, 0.15) is 5.75 Å². The van der Waals surface area contributed by atoms with E-state index in [1.54, 1.807) is 12.1 Å². The molecule has 0 saturated heterocycles. The Balaban J connectivity index is 1.68. The number of benzene rings is 3. The Morgan fingerprint density at radius 1 is 1.00 bits per heavy atom. The molecule has 3 aromatic rings. The second-order valence-electron chi connectivity index (χ2n) is 6.41. The quantitative estimate of drug-likeness (QED) is 0.620. The van der Waals surface area contributed by atoms with E-state index in [2.05, 4.69) is 47.8 Å². The van der Waals surface area contributed by atoms with Crippen LogP contribution in [0.2, 0.25) is 0 Å². The number of carbonyl (C=O) groups is 1. The number of nitrogens with one attached hydrogen (secondary N) is 1. The minimum Gasteiger partial charge on any atom is -0.410 e. The molecule has 28 heavy (non-hydrogen) atoms. The number of carbonyl (C=O) groups excluding carboxylic acids is 1. The molecule has 0 fully saturated rings. The maximum Gasteiger partial charge on any atom is 0.412 e. The Hall–Kier alpha value is -3.05. The van der Waals surface area contributed by atoms with Crippen LogP contribution in [0.4, 0.5) is 10.5 Å². The highest BCUT2D eigenvalue weighted by Crippen LogP contribution is 2.45. The first kappa shape index (κ1) is 18.3. The van der Waals surface area contributed by atoms with Crippen molar-refractivity contribution >= 4 is 29.3 Å². The SMILES string of the molecule is CNC(=O)Oc1ccc(C2=Nc3ccccc3S[C@@H](c3ccccc3)C2)cc1. The summed E-state index contributed by atoms with van der Waals surface area (Å²) in [5, 5.41) is 2.73. The summed E-state index contributed by atoms with van der Waals surface area (Å²) in [5.41, 5.74) is 4.34. The van der Waals surface area contributed by atoms with E-state index in [1.807, 2.05) is 36.0 Å². The lowest BCUT2D eigenvalue weighted by atomic mass is 10.0. The van der Waals surface area contributed by atoms with Crippen LogP contribution in [0, 0.1) is 0 Å². The van der Waals surface area contributed by atoms with Gasteiger partial charge in [-0.25, -0.2) is 4.79 Å². The molecule has 0 saturated carbocycles. The number of fused-ring (bicyclic) bond motifs is 1. The zero-order valence-corrected chi connectivity index (χ0v) is 16.3. The molecule has 1 aliphatic rings. The lowest BCUT2D eigenvalue weighted by Gasteiger charge is -2.16. The predicted molar refractivity (Wildman–Crippen MR) is 114 cm³/mol. The molecule has 1 amide bonds. The number of ether oxygens (including phenoxy) is 1. The number of rotatable bonds is 3. The van der Waals surface area contributed by atoms with E-state index in [0.29, 0.717) is 5.75 Å². The van der Waals surface area contributed by atoms with Crippen molar-refractivity contribution in [2.24, 2.45) is 4.99 Å². The molecule has 140 valence electrons. The first-order valence-electron chi connectivity index (χ1n) is 9.11. The van der Waals surface area contributed by atoms with Crippen molar-refractivity contribution in [2.75, 3.05) is 7.05 Å². The van der Waals surface area contributed by atoms with Crippen LogP contribution in [0.3, 0.4) is 0 Å². The molecule has 0 spiro atoms. The summed E-state index contributed by atoms with van der Waals surface area (Å²) in [4.78, 5) is 17.5. The molecule has 4 nitrogen and oxygen atoms in total. The molecule has 0 aliphatic carbocycles. The van der Waals surface area contributed by atoms with E-state index in [9.17, 15) is 4.79 Å². The fraction of sp³-hybridized carbons (Fsp3) is 0.130. The van der Waals surface area contributed by atoms with E-state index in [4.69, 9.17) is 9.73 Å². The highest BCUT2D eigenvalue weighted by atomic mass is 32.2. The maximum atomic E-state index is 11.4. The zero-order chi connectivity index (χ0) is 19.3. The van der Waals surface area contributed by atoms with Gasteiger partial charge < -0.3 is 10.1 Å². The number of amides is 1. The van der Waals surface area contributed by atoms with Gasteiger partial charge in [0.05, 0.1) is 5.69 Å². The van der Waals surface area contributed by atoms with Crippen LogP contribution in [0.25, 0.3) is 0 Å². The topological polar surface area (TPSA) is 50.7 Å². The van der Waals surface area contributed by atoms with E-state index in [-0.39, 0.29) is 5.25 Å². The highest BCUT2D eigenvalue weighted by molar-refractivity contribution is 7.99. The molecular formula is C23H20N2O2S. The van der Waals surface area contributed by atoms with Crippen molar-refractivity contribution < 1.29 is 9.53 Å². The van der Waals surface area contributed by atoms with Crippen LogP contribution < -0.4 is 10.1 Å². The standard InChI is InChI=1S/C23H20N2O2S/c1-24-23(26)27-18-13-11-16(12-14-18)20-15-22(17-7-3-2-4-8-17)28-21-10-6-5-9-19(21)25-20/h2-14,22H,15H2,1H3,(H,24,26)/t22-/m1/s1. The van der Waals surface area contributed by atoms with E-state index < -0.39 is 6.09 Å². The number of aliphatic imine (C=N–C) groups is 1. The fourth-order valence-electron chi connectivity index (χ4n) is 3.12. The van der Waals surface area contributed by atoms with Crippen molar-refractivity contribution in [3.63, 3.8) is 0 Å². The molecule has 1 aliphatic heterocycles. The molecule has 1 atom stereocenters. The van der Waals surface area contributed by atoms with Crippen LogP contribution >= 0.6 is 11.8 Å². The van der Waals surface area contributed by atoms with Crippen LogP contribution in [-0.2, 0) is 0 Å². The summed E-state index contributed by atoms with van der Waals surface area (Å²) >= 11 is 1.85. The monoisotopic (exact) mass is 388 g/mol. The van der Waals surface area contributed by atoms with Gasteiger partial charge in [-0.05, 0) is 47.5 Å². The maximum absolute atomic E-state index is 11.4. The molecule has 4 rings (SSSR count). The summed E-state index contributed by atoms with van der Waals surface area (Å²) in [7, 11) is 1.54. The van der Waals surface area contributed by atoms with Crippen LogP contribution in [0.1, 0.15) is 22.8 Å². The molecule has 3 aromatic carbocycles. The third kappa shape index (κ3) is 4.10. The fourth-order valence-corrected chi connectivity index (χ4v) is 4.35. The third-order valence-electron chi connectivity index (χ3n) is 4.54. The Bertz CT molecular complexity index is 1000. The largest absolute Gasteiger partial charge is 0.412 e. The molecule has 0 unspecified atom stereocenters. The van der Waals surface area contributed by atoms with Crippen LogP contribution in [0.15, 0.2) is 88.8 Å². The minimum absolute atomic E-state index is 0.283. The van der Waals surface area contributed by atoms with Gasteiger partial charge in [0, 0.05) is 29.3 Å². The Labute approximate surface area is 168 Å². The Morgan fingerprint density at radius 3 is 2.46 bits per heavy atom. The molecule has 1 heterocycles. The summed E-state index contributed by atoms with van der Waals surface area (Å²) in [6.07, 6.45) is 0.341. The number of para-hydroxylation sites is 1. The van der Waals surface area contributed by atoms with Crippen molar-refractivity contribution in [3.05, 3.63) is 90.0 Å². The summed E-state index contributed by atoms with van der Waals surface area (Å²) in [5.74, 6) is 0.506. The minimum atomic E-state index is -0.478. The van der Waals surface area contributed by atoms with Gasteiger partial charge in [0.2, 0.25) is 0 Å². The number of hydrogen-bond donors (Lipinski definition) is 1. The lowest BCUT2D eigenvalue weighted by Crippen LogP contribution is -2.22. The smallest absolute Gasteiger partial charge is 0.410 e. The second kappa shape index (κ2) is 8.31. The van der Waals surface area contributed by atoms with Crippen LogP contribution in [-0.4, -0.2) is 18.9 Å². The second-order valence-corrected chi connectivity index (χ2v) is 7.66. The molecule has 0 radical (unpaired) electrons. The normalized spacial score (nSPS) is 15.8. The molecular weight excluding hydrogens is 368 g/mol. The first-order valence-corrected chi connectivity index (χ1v) is 9.99. The predicted octanol–water partition coefficient (Wildman–Crippen LogP) is 5.76. The summed E-state index contributed by atoms with van der Waals surface area (Å²) in [6.45, 7) is 0. The molecule has 1 N–H and O–H groups in total. The van der Waals surface area contributed by atoms with E-state index in [0.717, 1.165) is 23.4 Å². The van der Waals surface area contributed by atoms with Gasteiger partial charge in [0.15, 0.2) is 0 Å². The first-order chi connectivity index (χ1) is 13.7. The van der Waals surface area contributed by atoms with Gasteiger partial charge in [-0.15, -0.1) is 11.8 Å². The Kier molecular flexibility index (Phi) is 5.44. The summed E-state index contributed by atoms with van der Waals surface area (Å²) in [6, 6.07) is 26.3. The zero-order valence-electron chi connectivity index (χ0n) is 15.5. The molecule has 0 bridgehead atoms. The Morgan fingerprint density at radius 2 is 1.71 bits per heavy atom. The van der Waals surface area contributed by atoms with Gasteiger partial charge in [-0.3, -0.25) is 4.99 Å². The van der Waals surface area contributed by atoms with E-state index in [1.165, 1.54) is 17.5 Å². The number of hydrogen-bond acceptors (Lipinski definition) is 4. The van der Waals surface area contributed by atoms with Gasteiger partial charge in [-0.2, -0.15) is 0 Å². The molecule has 0 aromatic heterocycles.